The van der Waals surface area contributed by atoms with Gasteiger partial charge in [-0.15, -0.1) is 0 Å². The van der Waals surface area contributed by atoms with Gasteiger partial charge in [0.15, 0.2) is 0 Å². The minimum atomic E-state index is -1.12. The summed E-state index contributed by atoms with van der Waals surface area (Å²) in [6, 6.07) is 7.43. The summed E-state index contributed by atoms with van der Waals surface area (Å²) in [5.74, 6) is 0. The van der Waals surface area contributed by atoms with Gasteiger partial charge in [0.05, 0.1) is 6.61 Å². The molecule has 90 valence electrons. The molecule has 0 fully saturated rings. The molecule has 0 saturated carbocycles. The SMILES string of the molecule is CC(C)(C)c1ccc(C(O)C(O)CO)cc1. The summed E-state index contributed by atoms with van der Waals surface area (Å²) in [5.41, 5.74) is 1.86. The van der Waals surface area contributed by atoms with Crippen LogP contribution in [0.4, 0.5) is 0 Å². The lowest BCUT2D eigenvalue weighted by Gasteiger charge is -2.21. The highest BCUT2D eigenvalue weighted by atomic mass is 16.4. The van der Waals surface area contributed by atoms with Crippen molar-refractivity contribution >= 4 is 0 Å². The Morgan fingerprint density at radius 2 is 1.56 bits per heavy atom. The molecule has 0 bridgehead atoms. The molecule has 0 saturated heterocycles. The minimum Gasteiger partial charge on any atom is -0.394 e. The van der Waals surface area contributed by atoms with Crippen LogP contribution < -0.4 is 0 Å². The Kier molecular flexibility index (Phi) is 4.08. The molecule has 1 aromatic carbocycles. The van der Waals surface area contributed by atoms with Crippen LogP contribution in [-0.2, 0) is 5.41 Å². The molecule has 2 atom stereocenters. The molecule has 0 aliphatic rings. The van der Waals surface area contributed by atoms with E-state index in [-0.39, 0.29) is 5.41 Å². The number of benzene rings is 1. The average molecular weight is 224 g/mol. The Hall–Kier alpha value is -0.900. The molecule has 1 aromatic rings. The molecule has 0 aliphatic carbocycles. The van der Waals surface area contributed by atoms with Gasteiger partial charge < -0.3 is 15.3 Å². The first kappa shape index (κ1) is 13.2. The zero-order valence-electron chi connectivity index (χ0n) is 10.0. The van der Waals surface area contributed by atoms with Crippen LogP contribution in [0.1, 0.15) is 38.0 Å². The number of aliphatic hydroxyl groups is 3. The van der Waals surface area contributed by atoms with E-state index < -0.39 is 18.8 Å². The lowest BCUT2D eigenvalue weighted by Crippen LogP contribution is -2.22. The molecule has 3 nitrogen and oxygen atoms in total. The Balaban J connectivity index is 2.87. The number of hydrogen-bond donors (Lipinski definition) is 3. The standard InChI is InChI=1S/C13H20O3/c1-13(2,3)10-6-4-9(5-7-10)12(16)11(15)8-14/h4-7,11-12,14-16H,8H2,1-3H3. The van der Waals surface area contributed by atoms with E-state index in [0.29, 0.717) is 5.56 Å². The summed E-state index contributed by atoms with van der Waals surface area (Å²) < 4.78 is 0. The Morgan fingerprint density at radius 1 is 1.06 bits per heavy atom. The van der Waals surface area contributed by atoms with Gasteiger partial charge in [0, 0.05) is 0 Å². The smallest absolute Gasteiger partial charge is 0.107 e. The second-order valence-corrected chi connectivity index (χ2v) is 5.07. The fourth-order valence-corrected chi connectivity index (χ4v) is 1.50. The summed E-state index contributed by atoms with van der Waals surface area (Å²) in [7, 11) is 0. The molecule has 3 N–H and O–H groups in total. The van der Waals surface area contributed by atoms with Crippen LogP contribution in [0.25, 0.3) is 0 Å². The third kappa shape index (κ3) is 3.04. The average Bonchev–Trinajstić information content (AvgIpc) is 2.26. The van der Waals surface area contributed by atoms with Crippen molar-refractivity contribution in [2.45, 2.75) is 38.4 Å². The van der Waals surface area contributed by atoms with Crippen LogP contribution in [-0.4, -0.2) is 28.0 Å². The molecule has 0 aromatic heterocycles. The van der Waals surface area contributed by atoms with Crippen molar-refractivity contribution in [1.82, 2.24) is 0 Å². The van der Waals surface area contributed by atoms with Gasteiger partial charge in [-0.05, 0) is 16.5 Å². The van der Waals surface area contributed by atoms with Gasteiger partial charge in [-0.25, -0.2) is 0 Å². The Morgan fingerprint density at radius 3 is 1.94 bits per heavy atom. The van der Waals surface area contributed by atoms with Gasteiger partial charge in [0.1, 0.15) is 12.2 Å². The predicted molar refractivity (Wildman–Crippen MR) is 63.2 cm³/mol. The van der Waals surface area contributed by atoms with Crippen LogP contribution in [0.2, 0.25) is 0 Å². The van der Waals surface area contributed by atoms with Gasteiger partial charge in [0.25, 0.3) is 0 Å². The third-order valence-electron chi connectivity index (χ3n) is 2.67. The summed E-state index contributed by atoms with van der Waals surface area (Å²) in [5, 5.41) is 27.7. The van der Waals surface area contributed by atoms with Crippen molar-refractivity contribution in [3.63, 3.8) is 0 Å². The second kappa shape index (κ2) is 4.95. The topological polar surface area (TPSA) is 60.7 Å². The maximum absolute atomic E-state index is 9.67. The van der Waals surface area contributed by atoms with E-state index in [0.717, 1.165) is 0 Å². The summed E-state index contributed by atoms with van der Waals surface area (Å²) in [6.45, 7) is 5.89. The number of aliphatic hydroxyl groups excluding tert-OH is 3. The Bertz CT molecular complexity index is 324. The fraction of sp³-hybridized carbons (Fsp3) is 0.538. The van der Waals surface area contributed by atoms with E-state index in [1.54, 1.807) is 12.1 Å². The van der Waals surface area contributed by atoms with E-state index in [2.05, 4.69) is 20.8 Å². The van der Waals surface area contributed by atoms with E-state index in [9.17, 15) is 10.2 Å². The molecule has 3 heteroatoms. The van der Waals surface area contributed by atoms with Crippen molar-refractivity contribution in [3.05, 3.63) is 35.4 Å². The molecule has 0 spiro atoms. The van der Waals surface area contributed by atoms with E-state index in [4.69, 9.17) is 5.11 Å². The quantitative estimate of drug-likeness (QED) is 0.726. The maximum atomic E-state index is 9.67. The predicted octanol–water partition coefficient (Wildman–Crippen LogP) is 1.37. The van der Waals surface area contributed by atoms with Gasteiger partial charge >= 0.3 is 0 Å². The summed E-state index contributed by atoms with van der Waals surface area (Å²) in [6.07, 6.45) is -2.15. The van der Waals surface area contributed by atoms with Crippen molar-refractivity contribution in [1.29, 1.82) is 0 Å². The highest BCUT2D eigenvalue weighted by Gasteiger charge is 2.18. The van der Waals surface area contributed by atoms with Crippen LogP contribution in [0.15, 0.2) is 24.3 Å². The zero-order chi connectivity index (χ0) is 12.3. The lowest BCUT2D eigenvalue weighted by molar-refractivity contribution is -0.0152. The van der Waals surface area contributed by atoms with Gasteiger partial charge in [-0.2, -0.15) is 0 Å². The van der Waals surface area contributed by atoms with Crippen LogP contribution in [0.5, 0.6) is 0 Å². The maximum Gasteiger partial charge on any atom is 0.107 e. The van der Waals surface area contributed by atoms with Gasteiger partial charge in [0.2, 0.25) is 0 Å². The van der Waals surface area contributed by atoms with Crippen LogP contribution in [0.3, 0.4) is 0 Å². The molecule has 1 rings (SSSR count). The highest BCUT2D eigenvalue weighted by Crippen LogP contribution is 2.24. The molecule has 0 aliphatic heterocycles. The summed E-state index contributed by atoms with van der Waals surface area (Å²) >= 11 is 0. The monoisotopic (exact) mass is 224 g/mol. The third-order valence-corrected chi connectivity index (χ3v) is 2.67. The van der Waals surface area contributed by atoms with Crippen molar-refractivity contribution in [2.24, 2.45) is 0 Å². The highest BCUT2D eigenvalue weighted by molar-refractivity contribution is 5.29. The molecule has 0 radical (unpaired) electrons. The van der Waals surface area contributed by atoms with E-state index in [1.807, 2.05) is 12.1 Å². The van der Waals surface area contributed by atoms with Crippen molar-refractivity contribution < 1.29 is 15.3 Å². The molecule has 0 amide bonds. The van der Waals surface area contributed by atoms with Gasteiger partial charge in [-0.1, -0.05) is 45.0 Å². The fourth-order valence-electron chi connectivity index (χ4n) is 1.50. The Labute approximate surface area is 96.4 Å². The van der Waals surface area contributed by atoms with E-state index >= 15 is 0 Å². The van der Waals surface area contributed by atoms with Crippen molar-refractivity contribution in [2.75, 3.05) is 6.61 Å². The molecule has 16 heavy (non-hydrogen) atoms. The van der Waals surface area contributed by atoms with E-state index in [1.165, 1.54) is 5.56 Å². The summed E-state index contributed by atoms with van der Waals surface area (Å²) in [4.78, 5) is 0. The molecule has 0 heterocycles. The number of hydrogen-bond acceptors (Lipinski definition) is 3. The van der Waals surface area contributed by atoms with Crippen molar-refractivity contribution in [3.8, 4) is 0 Å². The lowest BCUT2D eigenvalue weighted by atomic mass is 9.86. The number of rotatable bonds is 3. The first-order valence-electron chi connectivity index (χ1n) is 5.43. The van der Waals surface area contributed by atoms with Crippen LogP contribution >= 0.6 is 0 Å². The van der Waals surface area contributed by atoms with Gasteiger partial charge in [-0.3, -0.25) is 0 Å². The molecular weight excluding hydrogens is 204 g/mol. The molecular formula is C13H20O3. The largest absolute Gasteiger partial charge is 0.394 e. The first-order chi connectivity index (χ1) is 7.36. The first-order valence-corrected chi connectivity index (χ1v) is 5.43. The zero-order valence-corrected chi connectivity index (χ0v) is 10.0. The molecule has 2 unspecified atom stereocenters. The second-order valence-electron chi connectivity index (χ2n) is 5.07. The minimum absolute atomic E-state index is 0.0685. The normalized spacial score (nSPS) is 15.9. The van der Waals surface area contributed by atoms with Crippen LogP contribution in [0, 0.1) is 0 Å².